The van der Waals surface area contributed by atoms with E-state index in [1.54, 1.807) is 18.3 Å². The molecule has 2 aromatic carbocycles. The highest BCUT2D eigenvalue weighted by atomic mass is 16.5. The first kappa shape index (κ1) is 20.9. The lowest BCUT2D eigenvalue weighted by Gasteiger charge is -2.35. The van der Waals surface area contributed by atoms with Gasteiger partial charge in [-0.3, -0.25) is 9.78 Å². The number of piperidine rings is 1. The van der Waals surface area contributed by atoms with Crippen LogP contribution in [0.2, 0.25) is 0 Å². The number of aromatic nitrogens is 1. The Bertz CT molecular complexity index is 1320. The third-order valence-corrected chi connectivity index (χ3v) is 6.06. The highest BCUT2D eigenvalue weighted by Crippen LogP contribution is 2.32. The Morgan fingerprint density at radius 3 is 2.76 bits per heavy atom. The van der Waals surface area contributed by atoms with Gasteiger partial charge in [0.2, 0.25) is 0 Å². The number of nitrogens with zero attached hydrogens (tertiary/aromatic N) is 2. The molecular weight excluding hydrogens is 416 g/mol. The summed E-state index contributed by atoms with van der Waals surface area (Å²) in [6.07, 6.45) is 6.54. The first-order valence-electron chi connectivity index (χ1n) is 11.1. The lowest BCUT2D eigenvalue weighted by atomic mass is 9.96. The number of ether oxygens (including phenoxy) is 1. The number of carbonyl (C=O) groups excluding carboxylic acids is 1. The zero-order valence-corrected chi connectivity index (χ0v) is 18.1. The van der Waals surface area contributed by atoms with Crippen molar-refractivity contribution in [3.8, 4) is 16.9 Å². The van der Waals surface area contributed by atoms with E-state index in [0.29, 0.717) is 17.9 Å². The van der Waals surface area contributed by atoms with Gasteiger partial charge < -0.3 is 14.1 Å². The van der Waals surface area contributed by atoms with Gasteiger partial charge in [0.1, 0.15) is 11.3 Å². The molecular formula is C27H24N2O4. The molecule has 4 aromatic rings. The summed E-state index contributed by atoms with van der Waals surface area (Å²) in [6.45, 7) is 0.625. The van der Waals surface area contributed by atoms with Gasteiger partial charge >= 0.3 is 5.63 Å². The Morgan fingerprint density at radius 2 is 1.94 bits per heavy atom. The van der Waals surface area contributed by atoms with E-state index in [-0.39, 0.29) is 18.6 Å². The van der Waals surface area contributed by atoms with Crippen LogP contribution in [0.25, 0.3) is 22.1 Å². The average molecular weight is 440 g/mol. The summed E-state index contributed by atoms with van der Waals surface area (Å²) in [4.78, 5) is 31.3. The molecule has 33 heavy (non-hydrogen) atoms. The minimum absolute atomic E-state index is 0.0200. The van der Waals surface area contributed by atoms with Gasteiger partial charge in [-0.05, 0) is 54.2 Å². The van der Waals surface area contributed by atoms with Gasteiger partial charge in [0.25, 0.3) is 5.91 Å². The van der Waals surface area contributed by atoms with E-state index in [1.165, 1.54) is 6.07 Å². The Kier molecular flexibility index (Phi) is 5.89. The van der Waals surface area contributed by atoms with Crippen molar-refractivity contribution in [2.24, 2.45) is 0 Å². The van der Waals surface area contributed by atoms with E-state index in [9.17, 15) is 9.59 Å². The smallest absolute Gasteiger partial charge is 0.336 e. The maximum absolute atomic E-state index is 13.0. The van der Waals surface area contributed by atoms with Crippen molar-refractivity contribution < 1.29 is 13.9 Å². The van der Waals surface area contributed by atoms with E-state index >= 15 is 0 Å². The fourth-order valence-electron chi connectivity index (χ4n) is 4.47. The van der Waals surface area contributed by atoms with Gasteiger partial charge in [0.05, 0.1) is 6.04 Å². The zero-order valence-electron chi connectivity index (χ0n) is 18.1. The third kappa shape index (κ3) is 4.51. The van der Waals surface area contributed by atoms with Gasteiger partial charge in [-0.2, -0.15) is 0 Å². The van der Waals surface area contributed by atoms with Crippen LogP contribution in [0.3, 0.4) is 0 Å². The predicted octanol–water partition coefficient (Wildman–Crippen LogP) is 4.99. The number of fused-ring (bicyclic) bond motifs is 1. The van der Waals surface area contributed by atoms with Crippen molar-refractivity contribution in [3.05, 3.63) is 95.1 Å². The van der Waals surface area contributed by atoms with E-state index in [2.05, 4.69) is 4.98 Å². The van der Waals surface area contributed by atoms with Gasteiger partial charge in [0, 0.05) is 36.5 Å². The maximum atomic E-state index is 13.0. The first-order valence-corrected chi connectivity index (χ1v) is 11.1. The molecule has 0 bridgehead atoms. The summed E-state index contributed by atoms with van der Waals surface area (Å²) >= 11 is 0. The molecule has 0 N–H and O–H groups in total. The van der Waals surface area contributed by atoms with E-state index in [0.717, 1.165) is 41.3 Å². The average Bonchev–Trinajstić information content (AvgIpc) is 2.87. The molecule has 6 nitrogen and oxygen atoms in total. The fraction of sp³-hybridized carbons (Fsp3) is 0.222. The molecule has 1 fully saturated rings. The van der Waals surface area contributed by atoms with Crippen molar-refractivity contribution in [1.82, 2.24) is 9.88 Å². The second-order valence-electron chi connectivity index (χ2n) is 8.18. The first-order chi connectivity index (χ1) is 16.2. The summed E-state index contributed by atoms with van der Waals surface area (Å²) in [5, 5.41) is 0.812. The van der Waals surface area contributed by atoms with Gasteiger partial charge in [-0.15, -0.1) is 0 Å². The number of likely N-dealkylation sites (tertiary alicyclic amines) is 1. The molecule has 6 heteroatoms. The number of benzene rings is 2. The van der Waals surface area contributed by atoms with Crippen LogP contribution in [0, 0.1) is 0 Å². The lowest BCUT2D eigenvalue weighted by molar-refractivity contribution is -0.137. The number of hydrogen-bond acceptors (Lipinski definition) is 5. The van der Waals surface area contributed by atoms with Crippen LogP contribution in [-0.2, 0) is 4.79 Å². The number of rotatable bonds is 5. The van der Waals surface area contributed by atoms with Crippen molar-refractivity contribution in [1.29, 1.82) is 0 Å². The minimum Gasteiger partial charge on any atom is -0.484 e. The van der Waals surface area contributed by atoms with Crippen LogP contribution >= 0.6 is 0 Å². The van der Waals surface area contributed by atoms with Crippen molar-refractivity contribution in [2.75, 3.05) is 13.2 Å². The normalized spacial score (nSPS) is 16.0. The monoisotopic (exact) mass is 440 g/mol. The molecule has 5 rings (SSSR count). The summed E-state index contributed by atoms with van der Waals surface area (Å²) in [5.41, 5.74) is 2.79. The molecule has 1 aliphatic rings. The van der Waals surface area contributed by atoms with E-state index in [4.69, 9.17) is 9.15 Å². The van der Waals surface area contributed by atoms with Crippen LogP contribution in [-0.4, -0.2) is 28.9 Å². The van der Waals surface area contributed by atoms with Crippen LogP contribution in [0.4, 0.5) is 0 Å². The zero-order chi connectivity index (χ0) is 22.6. The maximum Gasteiger partial charge on any atom is 0.336 e. The third-order valence-electron chi connectivity index (χ3n) is 6.06. The van der Waals surface area contributed by atoms with E-state index < -0.39 is 5.63 Å². The Balaban J connectivity index is 1.35. The molecule has 3 heterocycles. The van der Waals surface area contributed by atoms with Gasteiger partial charge in [0.15, 0.2) is 6.61 Å². The molecule has 1 saturated heterocycles. The molecule has 1 aliphatic heterocycles. The van der Waals surface area contributed by atoms with Gasteiger partial charge in [-0.1, -0.05) is 36.4 Å². The minimum atomic E-state index is -0.429. The number of carbonyl (C=O) groups is 1. The summed E-state index contributed by atoms with van der Waals surface area (Å²) in [7, 11) is 0. The largest absolute Gasteiger partial charge is 0.484 e. The summed E-state index contributed by atoms with van der Waals surface area (Å²) in [6, 6.07) is 20.5. The standard InChI is InChI=1S/C27H24N2O4/c30-26(29-14-5-4-10-24(29)20-9-6-13-28-17-20)18-32-21-11-12-22-23(19-7-2-1-3-8-19)16-27(31)33-25(22)15-21/h1-3,6-9,11-13,15-17,24H,4-5,10,14,18H2/t24-/m1/s1. The molecule has 0 aliphatic carbocycles. The van der Waals surface area contributed by atoms with Crippen molar-refractivity contribution >= 4 is 16.9 Å². The predicted molar refractivity (Wildman–Crippen MR) is 126 cm³/mol. The molecule has 0 saturated carbocycles. The van der Waals surface area contributed by atoms with Crippen LogP contribution in [0.5, 0.6) is 5.75 Å². The SMILES string of the molecule is O=C(COc1ccc2c(-c3ccccc3)cc(=O)oc2c1)N1CCCC[C@@H]1c1cccnc1. The van der Waals surface area contributed by atoms with E-state index in [1.807, 2.05) is 59.6 Å². The number of hydrogen-bond donors (Lipinski definition) is 0. The van der Waals surface area contributed by atoms with Gasteiger partial charge in [-0.25, -0.2) is 4.79 Å². The van der Waals surface area contributed by atoms with Crippen LogP contribution < -0.4 is 10.4 Å². The Labute approximate surface area is 191 Å². The highest BCUT2D eigenvalue weighted by Gasteiger charge is 2.28. The quantitative estimate of drug-likeness (QED) is 0.409. The Morgan fingerprint density at radius 1 is 1.06 bits per heavy atom. The molecule has 0 spiro atoms. The molecule has 166 valence electrons. The van der Waals surface area contributed by atoms with Crippen LogP contribution in [0.15, 0.2) is 88.3 Å². The van der Waals surface area contributed by atoms with Crippen molar-refractivity contribution in [2.45, 2.75) is 25.3 Å². The second-order valence-corrected chi connectivity index (χ2v) is 8.18. The highest BCUT2D eigenvalue weighted by molar-refractivity contribution is 5.93. The number of amides is 1. The second kappa shape index (κ2) is 9.28. The topological polar surface area (TPSA) is 72.6 Å². The number of pyridine rings is 1. The Hall–Kier alpha value is -3.93. The van der Waals surface area contributed by atoms with Crippen LogP contribution in [0.1, 0.15) is 30.9 Å². The van der Waals surface area contributed by atoms with Crippen molar-refractivity contribution in [3.63, 3.8) is 0 Å². The molecule has 1 amide bonds. The molecule has 1 atom stereocenters. The molecule has 2 aromatic heterocycles. The summed E-state index contributed by atoms with van der Waals surface area (Å²) in [5.74, 6) is 0.419. The molecule has 0 radical (unpaired) electrons. The fourth-order valence-corrected chi connectivity index (χ4v) is 4.47. The molecule has 0 unspecified atom stereocenters. The summed E-state index contributed by atoms with van der Waals surface area (Å²) < 4.78 is 11.3. The lowest BCUT2D eigenvalue weighted by Crippen LogP contribution is -2.41.